The summed E-state index contributed by atoms with van der Waals surface area (Å²) in [5, 5.41) is 6.41. The topological polar surface area (TPSA) is 41.1 Å². The van der Waals surface area contributed by atoms with Crippen molar-refractivity contribution < 1.29 is 4.79 Å². The van der Waals surface area contributed by atoms with Crippen molar-refractivity contribution in [2.24, 2.45) is 5.92 Å². The molecule has 0 aliphatic carbocycles. The molecule has 0 radical (unpaired) electrons. The van der Waals surface area contributed by atoms with Gasteiger partial charge in [0.05, 0.1) is 0 Å². The Kier molecular flexibility index (Phi) is 5.40. The maximum absolute atomic E-state index is 12.0. The van der Waals surface area contributed by atoms with Gasteiger partial charge in [-0.1, -0.05) is 25.5 Å². The summed E-state index contributed by atoms with van der Waals surface area (Å²) in [5.41, 5.74) is 2.07. The molecule has 1 fully saturated rings. The summed E-state index contributed by atoms with van der Waals surface area (Å²) in [5.74, 6) is 0.630. The van der Waals surface area contributed by atoms with E-state index in [9.17, 15) is 4.79 Å². The van der Waals surface area contributed by atoms with E-state index in [1.807, 2.05) is 12.1 Å². The molecule has 2 rings (SSSR count). The van der Waals surface area contributed by atoms with Gasteiger partial charge in [0.15, 0.2) is 0 Å². The molecule has 1 aromatic carbocycles. The molecule has 0 bridgehead atoms. The molecule has 3 nitrogen and oxygen atoms in total. The first-order valence-electron chi connectivity index (χ1n) is 7.37. The van der Waals surface area contributed by atoms with Crippen LogP contribution in [0.5, 0.6) is 0 Å². The van der Waals surface area contributed by atoms with Gasteiger partial charge in [0, 0.05) is 12.1 Å². The maximum atomic E-state index is 12.0. The zero-order chi connectivity index (χ0) is 13.5. The third kappa shape index (κ3) is 4.35. The number of benzene rings is 1. The van der Waals surface area contributed by atoms with Crippen LogP contribution in [0.1, 0.15) is 42.1 Å². The first-order chi connectivity index (χ1) is 9.29. The number of nitrogens with one attached hydrogen (secondary N) is 2. The quantitative estimate of drug-likeness (QED) is 0.853. The zero-order valence-electron chi connectivity index (χ0n) is 11.7. The normalized spacial score (nSPS) is 19.1. The number of aryl methyl sites for hydroxylation is 1. The lowest BCUT2D eigenvalue weighted by atomic mass is 9.99. The van der Waals surface area contributed by atoms with Crippen molar-refractivity contribution >= 4 is 5.91 Å². The van der Waals surface area contributed by atoms with Crippen molar-refractivity contribution in [3.63, 3.8) is 0 Å². The molecule has 2 N–H and O–H groups in total. The summed E-state index contributed by atoms with van der Waals surface area (Å²) in [6, 6.07) is 7.97. The molecule has 104 valence electrons. The zero-order valence-corrected chi connectivity index (χ0v) is 11.7. The predicted molar refractivity (Wildman–Crippen MR) is 78.4 cm³/mol. The molecule has 1 heterocycles. The van der Waals surface area contributed by atoms with Crippen LogP contribution in [0, 0.1) is 5.92 Å². The van der Waals surface area contributed by atoms with E-state index < -0.39 is 0 Å². The molecule has 0 aromatic heterocycles. The molecule has 0 spiro atoms. The second-order valence-electron chi connectivity index (χ2n) is 5.37. The van der Waals surface area contributed by atoms with Gasteiger partial charge in [0.1, 0.15) is 0 Å². The fourth-order valence-electron chi connectivity index (χ4n) is 2.55. The summed E-state index contributed by atoms with van der Waals surface area (Å²) < 4.78 is 0. The average Bonchev–Trinajstić information content (AvgIpc) is 2.47. The number of carbonyl (C=O) groups excluding carboxylic acids is 1. The maximum Gasteiger partial charge on any atom is 0.251 e. The van der Waals surface area contributed by atoms with Crippen LogP contribution in [0.25, 0.3) is 0 Å². The van der Waals surface area contributed by atoms with E-state index in [2.05, 4.69) is 29.7 Å². The van der Waals surface area contributed by atoms with E-state index in [0.717, 1.165) is 38.0 Å². The highest BCUT2D eigenvalue weighted by atomic mass is 16.1. The molecule has 1 amide bonds. The highest BCUT2D eigenvalue weighted by Crippen LogP contribution is 2.10. The van der Waals surface area contributed by atoms with E-state index in [1.165, 1.54) is 18.4 Å². The molecule has 1 aliphatic rings. The van der Waals surface area contributed by atoms with Crippen molar-refractivity contribution in [1.29, 1.82) is 0 Å². The number of hydrogen-bond acceptors (Lipinski definition) is 2. The van der Waals surface area contributed by atoms with Crippen LogP contribution in [-0.4, -0.2) is 25.5 Å². The van der Waals surface area contributed by atoms with Crippen LogP contribution in [0.15, 0.2) is 24.3 Å². The number of rotatable bonds is 5. The molecule has 1 saturated heterocycles. The third-order valence-corrected chi connectivity index (χ3v) is 3.71. The van der Waals surface area contributed by atoms with Gasteiger partial charge >= 0.3 is 0 Å². The second kappa shape index (κ2) is 7.29. The Hall–Kier alpha value is -1.35. The summed E-state index contributed by atoms with van der Waals surface area (Å²) in [6.07, 6.45) is 4.64. The minimum atomic E-state index is 0.0496. The van der Waals surface area contributed by atoms with E-state index in [4.69, 9.17) is 0 Å². The smallest absolute Gasteiger partial charge is 0.251 e. The Morgan fingerprint density at radius 3 is 2.79 bits per heavy atom. The molecular formula is C16H24N2O. The van der Waals surface area contributed by atoms with Gasteiger partial charge in [-0.2, -0.15) is 0 Å². The van der Waals surface area contributed by atoms with Gasteiger partial charge in [-0.15, -0.1) is 0 Å². The highest BCUT2D eigenvalue weighted by Gasteiger charge is 2.14. The fraction of sp³-hybridized carbons (Fsp3) is 0.562. The molecule has 1 aromatic rings. The lowest BCUT2D eigenvalue weighted by Gasteiger charge is -2.22. The first-order valence-corrected chi connectivity index (χ1v) is 7.37. The van der Waals surface area contributed by atoms with Crippen LogP contribution in [0.2, 0.25) is 0 Å². The standard InChI is InChI=1S/C16H24N2O/c1-2-4-13-6-8-15(9-7-13)16(19)18-12-14-5-3-10-17-11-14/h6-9,14,17H,2-5,10-12H2,1H3,(H,18,19). The predicted octanol–water partition coefficient (Wildman–Crippen LogP) is 2.37. The van der Waals surface area contributed by atoms with Crippen LogP contribution in [-0.2, 0) is 6.42 Å². The largest absolute Gasteiger partial charge is 0.352 e. The van der Waals surface area contributed by atoms with Gasteiger partial charge in [0.25, 0.3) is 5.91 Å². The lowest BCUT2D eigenvalue weighted by Crippen LogP contribution is -2.38. The van der Waals surface area contributed by atoms with Crippen molar-refractivity contribution in [2.75, 3.05) is 19.6 Å². The van der Waals surface area contributed by atoms with Gasteiger partial charge in [-0.05, 0) is 56.0 Å². The monoisotopic (exact) mass is 260 g/mol. The van der Waals surface area contributed by atoms with Crippen LogP contribution in [0.3, 0.4) is 0 Å². The van der Waals surface area contributed by atoms with Crippen molar-refractivity contribution in [2.45, 2.75) is 32.6 Å². The van der Waals surface area contributed by atoms with E-state index in [0.29, 0.717) is 5.92 Å². The Balaban J connectivity index is 1.81. The Bertz CT molecular complexity index is 394. The summed E-state index contributed by atoms with van der Waals surface area (Å²) in [7, 11) is 0. The number of carbonyl (C=O) groups is 1. The number of amides is 1. The minimum absolute atomic E-state index is 0.0496. The molecule has 3 heteroatoms. The molecule has 1 atom stereocenters. The third-order valence-electron chi connectivity index (χ3n) is 3.71. The molecular weight excluding hydrogens is 236 g/mol. The van der Waals surface area contributed by atoms with Crippen LogP contribution < -0.4 is 10.6 Å². The Morgan fingerprint density at radius 2 is 2.16 bits per heavy atom. The van der Waals surface area contributed by atoms with Crippen LogP contribution >= 0.6 is 0 Å². The van der Waals surface area contributed by atoms with Gasteiger partial charge in [-0.3, -0.25) is 4.79 Å². The lowest BCUT2D eigenvalue weighted by molar-refractivity contribution is 0.0945. The summed E-state index contributed by atoms with van der Waals surface area (Å²) >= 11 is 0. The molecule has 19 heavy (non-hydrogen) atoms. The second-order valence-corrected chi connectivity index (χ2v) is 5.37. The Morgan fingerprint density at radius 1 is 1.37 bits per heavy atom. The minimum Gasteiger partial charge on any atom is -0.352 e. The molecule has 1 unspecified atom stereocenters. The van der Waals surface area contributed by atoms with Crippen molar-refractivity contribution in [3.8, 4) is 0 Å². The first kappa shape index (κ1) is 14.1. The Labute approximate surface area is 115 Å². The van der Waals surface area contributed by atoms with E-state index >= 15 is 0 Å². The SMILES string of the molecule is CCCc1ccc(C(=O)NCC2CCCNC2)cc1. The van der Waals surface area contributed by atoms with E-state index in [1.54, 1.807) is 0 Å². The van der Waals surface area contributed by atoms with E-state index in [-0.39, 0.29) is 5.91 Å². The summed E-state index contributed by atoms with van der Waals surface area (Å²) in [6.45, 7) is 5.08. The number of piperidine rings is 1. The number of hydrogen-bond donors (Lipinski definition) is 2. The van der Waals surface area contributed by atoms with Crippen molar-refractivity contribution in [3.05, 3.63) is 35.4 Å². The molecule has 0 saturated carbocycles. The van der Waals surface area contributed by atoms with Gasteiger partial charge < -0.3 is 10.6 Å². The molecule has 1 aliphatic heterocycles. The van der Waals surface area contributed by atoms with Crippen molar-refractivity contribution in [1.82, 2.24) is 10.6 Å². The highest BCUT2D eigenvalue weighted by molar-refractivity contribution is 5.94. The van der Waals surface area contributed by atoms with Gasteiger partial charge in [-0.25, -0.2) is 0 Å². The summed E-state index contributed by atoms with van der Waals surface area (Å²) in [4.78, 5) is 12.0. The average molecular weight is 260 g/mol. The fourth-order valence-corrected chi connectivity index (χ4v) is 2.55. The van der Waals surface area contributed by atoms with Gasteiger partial charge in [0.2, 0.25) is 0 Å². The van der Waals surface area contributed by atoms with Crippen LogP contribution in [0.4, 0.5) is 0 Å².